The Hall–Kier alpha value is -3.87. The van der Waals surface area contributed by atoms with Crippen molar-refractivity contribution in [3.63, 3.8) is 0 Å². The predicted molar refractivity (Wildman–Crippen MR) is 124 cm³/mol. The van der Waals surface area contributed by atoms with Gasteiger partial charge in [-0.05, 0) is 44.4 Å². The second kappa shape index (κ2) is 7.33. The number of benzene rings is 2. The summed E-state index contributed by atoms with van der Waals surface area (Å²) in [7, 11) is 1.25. The van der Waals surface area contributed by atoms with E-state index in [9.17, 15) is 14.4 Å². The standard InChI is InChI=1S/C26H25N3O4/c1-14-11-12-18(15(2)13-14)29-19-9-6-10-20(30)21(19)26(22(23(29)27)24(31)33-3)16-7-4-5-8-17(16)28-25(26)32/h4-5,7-8,11-13H,6,9-10,27H2,1-3H3,(H,28,32). The maximum atomic E-state index is 13.7. The minimum absolute atomic E-state index is 0.0265. The fraction of sp³-hybridized carbons (Fsp3) is 0.269. The van der Waals surface area contributed by atoms with Gasteiger partial charge in [0.2, 0.25) is 5.91 Å². The molecule has 1 amide bonds. The number of nitrogens with zero attached hydrogens (tertiary/aromatic N) is 1. The number of aryl methyl sites for hydroxylation is 2. The van der Waals surface area contributed by atoms with Crippen LogP contribution in [0, 0.1) is 13.8 Å². The minimum atomic E-state index is -1.64. The molecule has 0 radical (unpaired) electrons. The van der Waals surface area contributed by atoms with E-state index in [1.165, 1.54) is 7.11 Å². The van der Waals surface area contributed by atoms with Crippen LogP contribution in [0.3, 0.4) is 0 Å². The molecule has 1 atom stereocenters. The minimum Gasteiger partial charge on any atom is -0.466 e. The fourth-order valence-electron chi connectivity index (χ4n) is 5.50. The summed E-state index contributed by atoms with van der Waals surface area (Å²) >= 11 is 0. The number of carbonyl (C=O) groups excluding carboxylic acids is 3. The van der Waals surface area contributed by atoms with Gasteiger partial charge in [-0.3, -0.25) is 14.5 Å². The third-order valence-electron chi connectivity index (χ3n) is 6.80. The first-order valence-electron chi connectivity index (χ1n) is 11.0. The van der Waals surface area contributed by atoms with Crippen molar-refractivity contribution in [3.8, 4) is 0 Å². The summed E-state index contributed by atoms with van der Waals surface area (Å²) in [4.78, 5) is 42.3. The second-order valence-electron chi connectivity index (χ2n) is 8.73. The Morgan fingerprint density at radius 1 is 1.12 bits per heavy atom. The van der Waals surface area contributed by atoms with Crippen LogP contribution < -0.4 is 16.0 Å². The van der Waals surface area contributed by atoms with Crippen molar-refractivity contribution in [2.24, 2.45) is 5.73 Å². The van der Waals surface area contributed by atoms with E-state index in [1.807, 2.05) is 32.0 Å². The van der Waals surface area contributed by atoms with Gasteiger partial charge < -0.3 is 15.8 Å². The van der Waals surface area contributed by atoms with E-state index in [2.05, 4.69) is 5.32 Å². The second-order valence-corrected chi connectivity index (χ2v) is 8.73. The molecule has 0 bridgehead atoms. The summed E-state index contributed by atoms with van der Waals surface area (Å²) < 4.78 is 5.14. The number of anilines is 2. The molecule has 0 fully saturated rings. The lowest BCUT2D eigenvalue weighted by atomic mass is 9.63. The molecule has 2 aliphatic heterocycles. The van der Waals surface area contributed by atoms with Gasteiger partial charge in [-0.25, -0.2) is 4.79 Å². The highest BCUT2D eigenvalue weighted by molar-refractivity contribution is 6.23. The predicted octanol–water partition coefficient (Wildman–Crippen LogP) is 3.36. The van der Waals surface area contributed by atoms with Gasteiger partial charge in [0.25, 0.3) is 0 Å². The summed E-state index contributed by atoms with van der Waals surface area (Å²) in [5.74, 6) is -1.25. The zero-order chi connectivity index (χ0) is 23.5. The molecule has 2 heterocycles. The van der Waals surface area contributed by atoms with Crippen LogP contribution in [0.2, 0.25) is 0 Å². The smallest absolute Gasteiger partial charge is 0.339 e. The molecule has 7 nitrogen and oxygen atoms in total. The lowest BCUT2D eigenvalue weighted by Crippen LogP contribution is -2.53. The van der Waals surface area contributed by atoms with Crippen LogP contribution in [-0.2, 0) is 24.5 Å². The number of Topliss-reactive ketones (excluding diaryl/α,β-unsaturated/α-hetero) is 1. The summed E-state index contributed by atoms with van der Waals surface area (Å²) in [6.45, 7) is 3.95. The number of esters is 1. The van der Waals surface area contributed by atoms with Crippen LogP contribution in [-0.4, -0.2) is 24.8 Å². The molecular formula is C26H25N3O4. The first kappa shape index (κ1) is 21.0. The average molecular weight is 444 g/mol. The van der Waals surface area contributed by atoms with E-state index in [4.69, 9.17) is 10.5 Å². The van der Waals surface area contributed by atoms with Crippen molar-refractivity contribution in [1.29, 1.82) is 0 Å². The molecule has 33 heavy (non-hydrogen) atoms. The molecule has 2 aromatic rings. The molecule has 5 rings (SSSR count). The summed E-state index contributed by atoms with van der Waals surface area (Å²) in [6, 6.07) is 13.0. The highest BCUT2D eigenvalue weighted by Gasteiger charge is 2.61. The number of nitrogens with one attached hydrogen (secondary N) is 1. The van der Waals surface area contributed by atoms with Gasteiger partial charge in [0.15, 0.2) is 5.78 Å². The van der Waals surface area contributed by atoms with Crippen LogP contribution in [0.15, 0.2) is 65.1 Å². The van der Waals surface area contributed by atoms with Crippen molar-refractivity contribution < 1.29 is 19.1 Å². The number of amides is 1. The van der Waals surface area contributed by atoms with E-state index in [0.29, 0.717) is 41.8 Å². The van der Waals surface area contributed by atoms with Crippen LogP contribution in [0.25, 0.3) is 0 Å². The van der Waals surface area contributed by atoms with Crippen molar-refractivity contribution in [1.82, 2.24) is 0 Å². The SMILES string of the molecule is COC(=O)C1=C(N)N(c2ccc(C)cc2C)C2=C(C(=O)CCC2)C12C(=O)Nc1ccccc12. The lowest BCUT2D eigenvalue weighted by Gasteiger charge is -2.44. The number of fused-ring (bicyclic) bond motifs is 3. The molecule has 168 valence electrons. The zero-order valence-corrected chi connectivity index (χ0v) is 18.8. The van der Waals surface area contributed by atoms with Gasteiger partial charge in [-0.1, -0.05) is 35.9 Å². The van der Waals surface area contributed by atoms with Crippen molar-refractivity contribution in [2.45, 2.75) is 38.5 Å². The summed E-state index contributed by atoms with van der Waals surface area (Å²) in [6.07, 6.45) is 1.49. The number of ketones is 1. The maximum absolute atomic E-state index is 13.7. The molecule has 2 aromatic carbocycles. The van der Waals surface area contributed by atoms with Crippen LogP contribution >= 0.6 is 0 Å². The zero-order valence-electron chi connectivity index (χ0n) is 18.8. The van der Waals surface area contributed by atoms with Gasteiger partial charge in [-0.2, -0.15) is 0 Å². The topological polar surface area (TPSA) is 102 Å². The van der Waals surface area contributed by atoms with Crippen LogP contribution in [0.4, 0.5) is 11.4 Å². The summed E-state index contributed by atoms with van der Waals surface area (Å²) in [5.41, 5.74) is 9.94. The van der Waals surface area contributed by atoms with E-state index >= 15 is 0 Å². The Morgan fingerprint density at radius 3 is 2.61 bits per heavy atom. The molecule has 1 unspecified atom stereocenters. The van der Waals surface area contributed by atoms with Crippen molar-refractivity contribution >= 4 is 29.0 Å². The molecule has 0 saturated carbocycles. The van der Waals surface area contributed by atoms with E-state index in [-0.39, 0.29) is 17.2 Å². The van der Waals surface area contributed by atoms with Crippen molar-refractivity contribution in [2.75, 3.05) is 17.3 Å². The Kier molecular flexibility index (Phi) is 4.67. The number of ether oxygens (including phenoxy) is 1. The normalized spacial score (nSPS) is 21.8. The van der Waals surface area contributed by atoms with Crippen LogP contribution in [0.1, 0.15) is 36.0 Å². The first-order chi connectivity index (χ1) is 15.8. The molecule has 0 saturated heterocycles. The Bertz CT molecular complexity index is 1310. The van der Waals surface area contributed by atoms with E-state index in [1.54, 1.807) is 29.2 Å². The van der Waals surface area contributed by atoms with Gasteiger partial charge in [0, 0.05) is 28.9 Å². The van der Waals surface area contributed by atoms with Crippen LogP contribution in [0.5, 0.6) is 0 Å². The molecule has 0 aromatic heterocycles. The molecule has 1 spiro atoms. The van der Waals surface area contributed by atoms with Gasteiger partial charge in [0.1, 0.15) is 16.8 Å². The number of rotatable bonds is 2. The Balaban J connectivity index is 1.92. The third-order valence-corrected chi connectivity index (χ3v) is 6.80. The molecule has 3 aliphatic rings. The highest BCUT2D eigenvalue weighted by atomic mass is 16.5. The highest BCUT2D eigenvalue weighted by Crippen LogP contribution is 2.55. The first-order valence-corrected chi connectivity index (χ1v) is 11.0. The monoisotopic (exact) mass is 443 g/mol. The number of hydrogen-bond donors (Lipinski definition) is 2. The molecule has 1 aliphatic carbocycles. The van der Waals surface area contributed by atoms with E-state index < -0.39 is 17.3 Å². The lowest BCUT2D eigenvalue weighted by molar-refractivity contribution is -0.138. The maximum Gasteiger partial charge on any atom is 0.339 e. The average Bonchev–Trinajstić information content (AvgIpc) is 3.07. The van der Waals surface area contributed by atoms with E-state index in [0.717, 1.165) is 16.8 Å². The number of para-hydroxylation sites is 1. The van der Waals surface area contributed by atoms with Crippen molar-refractivity contribution in [3.05, 3.63) is 81.8 Å². The number of hydrogen-bond acceptors (Lipinski definition) is 6. The number of allylic oxidation sites excluding steroid dienone is 1. The Morgan fingerprint density at radius 2 is 1.88 bits per heavy atom. The Labute approximate surface area is 191 Å². The van der Waals surface area contributed by atoms with Gasteiger partial charge >= 0.3 is 5.97 Å². The quantitative estimate of drug-likeness (QED) is 0.690. The molecule has 7 heteroatoms. The van der Waals surface area contributed by atoms with Gasteiger partial charge in [-0.15, -0.1) is 0 Å². The molecule has 3 N–H and O–H groups in total. The fourth-order valence-corrected chi connectivity index (χ4v) is 5.50. The number of nitrogens with two attached hydrogens (primary N) is 1. The molecular weight excluding hydrogens is 418 g/mol. The largest absolute Gasteiger partial charge is 0.466 e. The van der Waals surface area contributed by atoms with Gasteiger partial charge in [0.05, 0.1) is 12.8 Å². The number of methoxy groups -OCH3 is 1. The number of carbonyl (C=O) groups is 3. The summed E-state index contributed by atoms with van der Waals surface area (Å²) in [5, 5.41) is 2.87. The third kappa shape index (κ3) is 2.71.